The molecule has 4 rings (SSSR count). The Morgan fingerprint density at radius 2 is 1.88 bits per heavy atom. The third kappa shape index (κ3) is 2.62. The summed E-state index contributed by atoms with van der Waals surface area (Å²) in [4.78, 5) is 27.2. The Hall–Kier alpha value is -2.60. The van der Waals surface area contributed by atoms with E-state index < -0.39 is 0 Å². The van der Waals surface area contributed by atoms with E-state index in [0.717, 1.165) is 5.56 Å². The lowest BCUT2D eigenvalue weighted by Gasteiger charge is -2.38. The molecule has 2 aliphatic rings. The van der Waals surface area contributed by atoms with Crippen LogP contribution in [0.1, 0.15) is 29.0 Å². The molecule has 0 aliphatic carbocycles. The quantitative estimate of drug-likeness (QED) is 0.852. The second kappa shape index (κ2) is 6.37. The Morgan fingerprint density at radius 1 is 1.12 bits per heavy atom. The van der Waals surface area contributed by atoms with E-state index in [1.807, 2.05) is 41.8 Å². The molecular weight excluding hydrogens is 320 g/mol. The first kappa shape index (κ1) is 15.9. The molecule has 0 radical (unpaired) electrons. The average Bonchev–Trinajstić information content (AvgIpc) is 3.11. The summed E-state index contributed by atoms with van der Waals surface area (Å²) in [6.45, 7) is 3.81. The standard InChI is InChI=1S/C19H20N2O4/c1-2-20-14-11-24-12-15(14)21-9-8-16(22)18(17(21)19(20)23)25-10-13-6-4-3-5-7-13/h3-9,14-15H,2,10-12H2,1H3/t14-,15?/m0/s1. The Morgan fingerprint density at radius 3 is 2.64 bits per heavy atom. The van der Waals surface area contributed by atoms with Crippen molar-refractivity contribution >= 4 is 5.91 Å². The van der Waals surface area contributed by atoms with E-state index in [0.29, 0.717) is 25.5 Å². The van der Waals surface area contributed by atoms with Crippen LogP contribution >= 0.6 is 0 Å². The summed E-state index contributed by atoms with van der Waals surface area (Å²) in [5.41, 5.74) is 1.00. The number of pyridine rings is 1. The summed E-state index contributed by atoms with van der Waals surface area (Å²) < 4.78 is 13.3. The number of nitrogens with zero attached hydrogens (tertiary/aromatic N) is 2. The van der Waals surface area contributed by atoms with Gasteiger partial charge in [-0.1, -0.05) is 30.3 Å². The van der Waals surface area contributed by atoms with Gasteiger partial charge in [0.1, 0.15) is 6.61 Å². The molecule has 2 aliphatic heterocycles. The highest BCUT2D eigenvalue weighted by Crippen LogP contribution is 2.34. The van der Waals surface area contributed by atoms with Crippen LogP contribution in [0.5, 0.6) is 5.75 Å². The summed E-state index contributed by atoms with van der Waals surface area (Å²) >= 11 is 0. The minimum absolute atomic E-state index is 0.00877. The van der Waals surface area contributed by atoms with Crippen LogP contribution < -0.4 is 10.2 Å². The predicted octanol–water partition coefficient (Wildman–Crippen LogP) is 1.84. The lowest BCUT2D eigenvalue weighted by molar-refractivity contribution is 0.0568. The molecule has 0 saturated carbocycles. The molecule has 6 heteroatoms. The predicted molar refractivity (Wildman–Crippen MR) is 91.8 cm³/mol. The van der Waals surface area contributed by atoms with Gasteiger partial charge in [-0.2, -0.15) is 0 Å². The first-order valence-electron chi connectivity index (χ1n) is 8.51. The maximum absolute atomic E-state index is 13.0. The average molecular weight is 340 g/mol. The number of carbonyl (C=O) groups is 1. The van der Waals surface area contributed by atoms with Crippen molar-refractivity contribution < 1.29 is 14.3 Å². The van der Waals surface area contributed by atoms with E-state index in [9.17, 15) is 9.59 Å². The van der Waals surface area contributed by atoms with Crippen LogP contribution in [0.2, 0.25) is 0 Å². The van der Waals surface area contributed by atoms with E-state index in [1.54, 1.807) is 11.1 Å². The lowest BCUT2D eigenvalue weighted by atomic mass is 10.0. The minimum atomic E-state index is -0.274. The van der Waals surface area contributed by atoms with E-state index in [4.69, 9.17) is 9.47 Å². The van der Waals surface area contributed by atoms with Gasteiger partial charge >= 0.3 is 0 Å². The SMILES string of the molecule is CCN1C(=O)c2c(OCc3ccccc3)c(=O)ccn2C2COC[C@@H]21. The smallest absolute Gasteiger partial charge is 0.274 e. The van der Waals surface area contributed by atoms with Gasteiger partial charge in [0.2, 0.25) is 5.43 Å². The molecule has 0 bridgehead atoms. The van der Waals surface area contributed by atoms with Crippen LogP contribution in [0.3, 0.4) is 0 Å². The Kier molecular flexibility index (Phi) is 4.05. The molecule has 1 aromatic heterocycles. The number of amides is 1. The second-order valence-corrected chi connectivity index (χ2v) is 6.30. The monoisotopic (exact) mass is 340 g/mol. The van der Waals surface area contributed by atoms with Crippen LogP contribution in [0.25, 0.3) is 0 Å². The first-order chi connectivity index (χ1) is 12.2. The van der Waals surface area contributed by atoms with E-state index in [1.165, 1.54) is 6.07 Å². The molecule has 0 N–H and O–H groups in total. The van der Waals surface area contributed by atoms with E-state index >= 15 is 0 Å². The Balaban J connectivity index is 1.75. The summed E-state index contributed by atoms with van der Waals surface area (Å²) in [6.07, 6.45) is 1.68. The fraction of sp³-hybridized carbons (Fsp3) is 0.368. The van der Waals surface area contributed by atoms with Crippen LogP contribution in [0.4, 0.5) is 0 Å². The summed E-state index contributed by atoms with van der Waals surface area (Å²) in [5.74, 6) is -0.0461. The molecule has 0 spiro atoms. The number of rotatable bonds is 4. The maximum Gasteiger partial charge on any atom is 0.274 e. The van der Waals surface area contributed by atoms with Crippen molar-refractivity contribution in [2.75, 3.05) is 19.8 Å². The highest BCUT2D eigenvalue weighted by molar-refractivity contribution is 5.96. The fourth-order valence-corrected chi connectivity index (χ4v) is 3.65. The van der Waals surface area contributed by atoms with E-state index in [2.05, 4.69) is 0 Å². The number of likely N-dealkylation sites (N-methyl/N-ethyl adjacent to an activating group) is 1. The Labute approximate surface area is 145 Å². The van der Waals surface area contributed by atoms with Crippen molar-refractivity contribution in [1.82, 2.24) is 9.47 Å². The van der Waals surface area contributed by atoms with Crippen molar-refractivity contribution in [3.8, 4) is 5.75 Å². The zero-order valence-corrected chi connectivity index (χ0v) is 14.1. The number of hydrogen-bond acceptors (Lipinski definition) is 4. The zero-order chi connectivity index (χ0) is 17.4. The topological polar surface area (TPSA) is 60.8 Å². The zero-order valence-electron chi connectivity index (χ0n) is 14.1. The van der Waals surface area contributed by atoms with Crippen molar-refractivity contribution in [2.24, 2.45) is 0 Å². The van der Waals surface area contributed by atoms with Gasteiger partial charge in [0.15, 0.2) is 11.4 Å². The van der Waals surface area contributed by atoms with Crippen LogP contribution in [0.15, 0.2) is 47.4 Å². The molecule has 2 atom stereocenters. The number of hydrogen-bond donors (Lipinski definition) is 0. The number of carbonyl (C=O) groups excluding carboxylic acids is 1. The number of ether oxygens (including phenoxy) is 2. The molecule has 1 unspecified atom stereocenters. The summed E-state index contributed by atoms with van der Waals surface area (Å²) in [5, 5.41) is 0. The van der Waals surface area contributed by atoms with Crippen LogP contribution in [0, 0.1) is 0 Å². The number of aromatic nitrogens is 1. The summed E-state index contributed by atoms with van der Waals surface area (Å²) in [7, 11) is 0. The van der Waals surface area contributed by atoms with Gasteiger partial charge < -0.3 is 18.9 Å². The van der Waals surface area contributed by atoms with Crippen molar-refractivity contribution in [3.63, 3.8) is 0 Å². The number of fused-ring (bicyclic) bond motifs is 3. The molecule has 3 heterocycles. The lowest BCUT2D eigenvalue weighted by Crippen LogP contribution is -2.51. The van der Waals surface area contributed by atoms with Gasteiger partial charge in [-0.25, -0.2) is 0 Å². The molecule has 1 fully saturated rings. The van der Waals surface area contributed by atoms with E-state index in [-0.39, 0.29) is 35.8 Å². The van der Waals surface area contributed by atoms with Gasteiger partial charge in [-0.15, -0.1) is 0 Å². The molecule has 25 heavy (non-hydrogen) atoms. The third-order valence-electron chi connectivity index (χ3n) is 4.89. The van der Waals surface area contributed by atoms with Gasteiger partial charge in [0.25, 0.3) is 5.91 Å². The maximum atomic E-state index is 13.0. The summed E-state index contributed by atoms with van der Waals surface area (Å²) in [6, 6.07) is 11.1. The van der Waals surface area contributed by atoms with Crippen molar-refractivity contribution in [2.45, 2.75) is 25.6 Å². The molecule has 1 aromatic carbocycles. The highest BCUT2D eigenvalue weighted by atomic mass is 16.5. The highest BCUT2D eigenvalue weighted by Gasteiger charge is 2.43. The largest absolute Gasteiger partial charge is 0.483 e. The molecule has 1 saturated heterocycles. The normalized spacial score (nSPS) is 21.8. The van der Waals surface area contributed by atoms with Crippen molar-refractivity contribution in [1.29, 1.82) is 0 Å². The van der Waals surface area contributed by atoms with Gasteiger partial charge in [0, 0.05) is 18.8 Å². The van der Waals surface area contributed by atoms with Gasteiger partial charge in [0.05, 0.1) is 25.3 Å². The third-order valence-corrected chi connectivity index (χ3v) is 4.89. The van der Waals surface area contributed by atoms with Crippen LogP contribution in [-0.4, -0.2) is 41.2 Å². The second-order valence-electron chi connectivity index (χ2n) is 6.30. The first-order valence-corrected chi connectivity index (χ1v) is 8.51. The Bertz CT molecular complexity index is 846. The molecule has 130 valence electrons. The van der Waals surface area contributed by atoms with Gasteiger partial charge in [-0.3, -0.25) is 9.59 Å². The molecule has 6 nitrogen and oxygen atoms in total. The van der Waals surface area contributed by atoms with Crippen LogP contribution in [-0.2, 0) is 11.3 Å². The van der Waals surface area contributed by atoms with Gasteiger partial charge in [-0.05, 0) is 12.5 Å². The fourth-order valence-electron chi connectivity index (χ4n) is 3.65. The molecular formula is C19H20N2O4. The minimum Gasteiger partial charge on any atom is -0.483 e. The number of benzene rings is 1. The molecule has 2 aromatic rings. The molecule has 1 amide bonds. The van der Waals surface area contributed by atoms with Crippen molar-refractivity contribution in [3.05, 3.63) is 64.1 Å².